The van der Waals surface area contributed by atoms with Crippen LogP contribution < -0.4 is 21.7 Å². The van der Waals surface area contributed by atoms with Gasteiger partial charge >= 0.3 is 0 Å². The summed E-state index contributed by atoms with van der Waals surface area (Å²) in [6, 6.07) is 9.97. The fourth-order valence-corrected chi connectivity index (χ4v) is 3.89. The summed E-state index contributed by atoms with van der Waals surface area (Å²) in [5, 5.41) is 8.76. The number of amides is 2. The lowest BCUT2D eigenvalue weighted by atomic mass is 10.1. The molecule has 1 aliphatic rings. The van der Waals surface area contributed by atoms with E-state index in [0.717, 1.165) is 37.9 Å². The molecule has 1 saturated heterocycles. The number of benzene rings is 2. The third kappa shape index (κ3) is 5.96. The maximum atomic E-state index is 13.8. The highest BCUT2D eigenvalue weighted by Gasteiger charge is 2.20. The molecule has 35 heavy (non-hydrogen) atoms. The summed E-state index contributed by atoms with van der Waals surface area (Å²) in [5.74, 6) is -2.39. The molecule has 2 amide bonds. The van der Waals surface area contributed by atoms with Crippen LogP contribution in [0.1, 0.15) is 45.7 Å². The van der Waals surface area contributed by atoms with Crippen LogP contribution in [0.3, 0.4) is 0 Å². The van der Waals surface area contributed by atoms with E-state index in [-0.39, 0.29) is 35.2 Å². The number of nitrogens with zero attached hydrogens (tertiary/aromatic N) is 2. The number of nitrogens with one attached hydrogen (secondary N) is 3. The van der Waals surface area contributed by atoms with Gasteiger partial charge in [-0.2, -0.15) is 0 Å². The van der Waals surface area contributed by atoms with E-state index in [1.165, 1.54) is 12.3 Å². The van der Waals surface area contributed by atoms with Crippen LogP contribution in [-0.2, 0) is 6.54 Å². The number of carbonyl (C=O) groups is 2. The van der Waals surface area contributed by atoms with Crippen LogP contribution in [0.5, 0.6) is 0 Å². The first-order chi connectivity index (χ1) is 16.9. The Labute approximate surface area is 201 Å². The van der Waals surface area contributed by atoms with Crippen LogP contribution in [0, 0.1) is 11.6 Å². The molecule has 0 unspecified atom stereocenters. The molecular formula is C25H26F2N6O2. The molecule has 10 heteroatoms. The number of anilines is 1. The molecule has 0 spiro atoms. The van der Waals surface area contributed by atoms with E-state index in [4.69, 9.17) is 5.73 Å². The second-order valence-electron chi connectivity index (χ2n) is 8.32. The Morgan fingerprint density at radius 2 is 1.86 bits per heavy atom. The summed E-state index contributed by atoms with van der Waals surface area (Å²) < 4.78 is 27.7. The largest absolute Gasteiger partial charge is 0.382 e. The fraction of sp³-hybridized carbons (Fsp3) is 0.280. The zero-order chi connectivity index (χ0) is 24.8. The second kappa shape index (κ2) is 11.0. The number of hydrogen-bond donors (Lipinski definition) is 4. The van der Waals surface area contributed by atoms with Gasteiger partial charge in [0.25, 0.3) is 11.8 Å². The van der Waals surface area contributed by atoms with Gasteiger partial charge in [0.15, 0.2) is 11.5 Å². The second-order valence-corrected chi connectivity index (χ2v) is 8.32. The van der Waals surface area contributed by atoms with Gasteiger partial charge in [-0.15, -0.1) is 0 Å². The number of nitrogen functional groups attached to an aromatic ring is 1. The van der Waals surface area contributed by atoms with Crippen LogP contribution in [0.15, 0.2) is 48.7 Å². The van der Waals surface area contributed by atoms with Gasteiger partial charge in [0.1, 0.15) is 11.6 Å². The summed E-state index contributed by atoms with van der Waals surface area (Å²) in [6.45, 7) is 1.29. The number of aromatic nitrogens is 2. The summed E-state index contributed by atoms with van der Waals surface area (Å²) in [5.41, 5.74) is 6.87. The van der Waals surface area contributed by atoms with E-state index in [1.54, 1.807) is 24.3 Å². The molecule has 2 heterocycles. The summed E-state index contributed by atoms with van der Waals surface area (Å²) in [4.78, 5) is 34.0. The molecule has 1 aliphatic heterocycles. The van der Waals surface area contributed by atoms with Crippen LogP contribution >= 0.6 is 0 Å². The predicted octanol–water partition coefficient (Wildman–Crippen LogP) is 2.81. The fourth-order valence-electron chi connectivity index (χ4n) is 3.89. The molecule has 2 aromatic carbocycles. The highest BCUT2D eigenvalue weighted by atomic mass is 19.1. The molecule has 1 atom stereocenters. The predicted molar refractivity (Wildman–Crippen MR) is 127 cm³/mol. The molecule has 0 aliphatic carbocycles. The van der Waals surface area contributed by atoms with Gasteiger partial charge in [-0.1, -0.05) is 24.6 Å². The van der Waals surface area contributed by atoms with Crippen LogP contribution in [0.4, 0.5) is 14.6 Å². The van der Waals surface area contributed by atoms with E-state index in [2.05, 4.69) is 25.9 Å². The maximum absolute atomic E-state index is 13.8. The van der Waals surface area contributed by atoms with Gasteiger partial charge in [-0.3, -0.25) is 9.59 Å². The van der Waals surface area contributed by atoms with Crippen molar-refractivity contribution in [3.8, 4) is 11.3 Å². The van der Waals surface area contributed by atoms with Crippen LogP contribution in [0.2, 0.25) is 0 Å². The van der Waals surface area contributed by atoms with Gasteiger partial charge in [0.2, 0.25) is 0 Å². The molecule has 3 aromatic rings. The van der Waals surface area contributed by atoms with E-state index < -0.39 is 23.4 Å². The van der Waals surface area contributed by atoms with Gasteiger partial charge in [-0.25, -0.2) is 18.7 Å². The summed E-state index contributed by atoms with van der Waals surface area (Å²) in [6.07, 6.45) is 4.35. The first-order valence-electron chi connectivity index (χ1n) is 11.4. The van der Waals surface area contributed by atoms with Gasteiger partial charge in [0.05, 0.1) is 11.9 Å². The van der Waals surface area contributed by atoms with Crippen LogP contribution in [0.25, 0.3) is 11.3 Å². The van der Waals surface area contributed by atoms with Crippen molar-refractivity contribution in [3.63, 3.8) is 0 Å². The van der Waals surface area contributed by atoms with Crippen molar-refractivity contribution in [1.29, 1.82) is 0 Å². The van der Waals surface area contributed by atoms with Crippen molar-refractivity contribution in [2.45, 2.75) is 31.8 Å². The quantitative estimate of drug-likeness (QED) is 0.431. The van der Waals surface area contributed by atoms with E-state index in [1.807, 2.05) is 0 Å². The topological polar surface area (TPSA) is 122 Å². The first kappa shape index (κ1) is 24.2. The molecule has 0 radical (unpaired) electrons. The van der Waals surface area contributed by atoms with E-state index >= 15 is 0 Å². The smallest absolute Gasteiger partial charge is 0.274 e. The third-order valence-electron chi connectivity index (χ3n) is 5.81. The number of hydrogen-bond acceptors (Lipinski definition) is 6. The zero-order valence-electron chi connectivity index (χ0n) is 19.0. The zero-order valence-corrected chi connectivity index (χ0v) is 19.0. The molecule has 1 fully saturated rings. The van der Waals surface area contributed by atoms with Crippen molar-refractivity contribution in [2.75, 3.05) is 18.8 Å². The molecule has 5 N–H and O–H groups in total. The van der Waals surface area contributed by atoms with Crippen molar-refractivity contribution in [1.82, 2.24) is 25.9 Å². The summed E-state index contributed by atoms with van der Waals surface area (Å²) in [7, 11) is 0. The third-order valence-corrected chi connectivity index (χ3v) is 5.81. The van der Waals surface area contributed by atoms with Crippen LogP contribution in [-0.4, -0.2) is 40.9 Å². The standard InChI is InChI=1S/C25H26F2N6O2/c26-19-8-4-9-20(27)18(19)13-31-24(34)16-6-3-5-15(11-16)21-14-30-23(28)22(33-21)25(35)32-17-7-1-2-10-29-12-17/h3-6,8-9,11,14,17,29H,1-2,7,10,12-13H2,(H2,28,30)(H,31,34)(H,32,35)/t17-/m0/s1. The highest BCUT2D eigenvalue weighted by Crippen LogP contribution is 2.21. The highest BCUT2D eigenvalue weighted by molar-refractivity contribution is 5.97. The first-order valence-corrected chi connectivity index (χ1v) is 11.4. The van der Waals surface area contributed by atoms with Gasteiger partial charge in [0, 0.05) is 35.8 Å². The average molecular weight is 481 g/mol. The molecule has 8 nitrogen and oxygen atoms in total. The monoisotopic (exact) mass is 480 g/mol. The molecule has 182 valence electrons. The van der Waals surface area contributed by atoms with Crippen molar-refractivity contribution >= 4 is 17.6 Å². The Balaban J connectivity index is 1.49. The Bertz CT molecular complexity index is 1210. The van der Waals surface area contributed by atoms with Crippen molar-refractivity contribution in [2.24, 2.45) is 0 Å². The Kier molecular flexibility index (Phi) is 7.61. The lowest BCUT2D eigenvalue weighted by Gasteiger charge is -2.16. The molecule has 0 bridgehead atoms. The SMILES string of the molecule is Nc1ncc(-c2cccc(C(=O)NCc3c(F)cccc3F)c2)nc1C(=O)N[C@H]1CCCCNC1. The maximum Gasteiger partial charge on any atom is 0.274 e. The van der Waals surface area contributed by atoms with E-state index in [9.17, 15) is 18.4 Å². The molecule has 1 aromatic heterocycles. The minimum atomic E-state index is -0.735. The normalized spacial score (nSPS) is 15.8. The lowest BCUT2D eigenvalue weighted by Crippen LogP contribution is -2.41. The minimum Gasteiger partial charge on any atom is -0.382 e. The average Bonchev–Trinajstić information content (AvgIpc) is 3.12. The van der Waals surface area contributed by atoms with E-state index in [0.29, 0.717) is 17.8 Å². The van der Waals surface area contributed by atoms with Crippen molar-refractivity contribution < 1.29 is 18.4 Å². The number of carbonyl (C=O) groups excluding carboxylic acids is 2. The van der Waals surface area contributed by atoms with Crippen molar-refractivity contribution in [3.05, 3.63) is 77.1 Å². The molecular weight excluding hydrogens is 454 g/mol. The van der Waals surface area contributed by atoms with Gasteiger partial charge < -0.3 is 21.7 Å². The molecule has 4 rings (SSSR count). The minimum absolute atomic E-state index is 0.00800. The number of rotatable bonds is 6. The Morgan fingerprint density at radius 1 is 1.09 bits per heavy atom. The Morgan fingerprint density at radius 3 is 2.66 bits per heavy atom. The Hall–Kier alpha value is -3.92. The molecule has 0 saturated carbocycles. The number of nitrogens with two attached hydrogens (primary N) is 1. The number of halogens is 2. The van der Waals surface area contributed by atoms with Gasteiger partial charge in [-0.05, 0) is 43.7 Å². The lowest BCUT2D eigenvalue weighted by molar-refractivity contribution is 0.0928. The summed E-state index contributed by atoms with van der Waals surface area (Å²) >= 11 is 0.